The van der Waals surface area contributed by atoms with Crippen LogP contribution in [0, 0.1) is 11.8 Å². The van der Waals surface area contributed by atoms with Gasteiger partial charge in [0.05, 0.1) is 24.5 Å². The van der Waals surface area contributed by atoms with Crippen LogP contribution < -0.4 is 5.32 Å². The van der Waals surface area contributed by atoms with Gasteiger partial charge in [0.15, 0.2) is 0 Å². The van der Waals surface area contributed by atoms with Gasteiger partial charge in [-0.3, -0.25) is 19.2 Å². The van der Waals surface area contributed by atoms with E-state index in [4.69, 9.17) is 9.47 Å². The van der Waals surface area contributed by atoms with Crippen LogP contribution in [0.1, 0.15) is 83.8 Å². The van der Waals surface area contributed by atoms with Crippen molar-refractivity contribution in [1.82, 2.24) is 15.1 Å². The number of carbonyl (C=O) groups excluding carboxylic acids is 4. The van der Waals surface area contributed by atoms with Gasteiger partial charge in [0.1, 0.15) is 17.7 Å². The van der Waals surface area contributed by atoms with Crippen LogP contribution in [0.15, 0.2) is 55.6 Å². The molecule has 0 unspecified atom stereocenters. The Kier molecular flexibility index (Phi) is 11.8. The zero-order valence-electron chi connectivity index (χ0n) is 27.6. The van der Waals surface area contributed by atoms with Crippen molar-refractivity contribution in [2.75, 3.05) is 26.2 Å². The highest BCUT2D eigenvalue weighted by Crippen LogP contribution is 2.59. The van der Waals surface area contributed by atoms with Gasteiger partial charge >= 0.3 is 5.97 Å². The summed E-state index contributed by atoms with van der Waals surface area (Å²) >= 11 is 0. The number of allylic oxidation sites excluding steroid dienone is 1. The van der Waals surface area contributed by atoms with Crippen molar-refractivity contribution in [3.63, 3.8) is 0 Å². The van der Waals surface area contributed by atoms with Gasteiger partial charge in [0.25, 0.3) is 0 Å². The fourth-order valence-corrected chi connectivity index (χ4v) is 7.30. The molecule has 46 heavy (non-hydrogen) atoms. The molecule has 10 heteroatoms. The number of esters is 1. The molecule has 4 rings (SSSR count). The summed E-state index contributed by atoms with van der Waals surface area (Å²) in [6.07, 6.45) is 6.82. The summed E-state index contributed by atoms with van der Waals surface area (Å²) in [5.41, 5.74) is -0.956. The molecule has 1 spiro atoms. The van der Waals surface area contributed by atoms with E-state index in [0.29, 0.717) is 45.2 Å². The predicted octanol–water partition coefficient (Wildman–Crippen LogP) is 4.09. The Morgan fingerprint density at radius 3 is 2.52 bits per heavy atom. The third-order valence-corrected chi connectivity index (χ3v) is 9.49. The van der Waals surface area contributed by atoms with E-state index in [2.05, 4.69) is 18.5 Å². The summed E-state index contributed by atoms with van der Waals surface area (Å²) in [4.78, 5) is 58.7. The van der Waals surface area contributed by atoms with Crippen molar-refractivity contribution < 1.29 is 33.8 Å². The highest BCUT2D eigenvalue weighted by Gasteiger charge is 2.75. The highest BCUT2D eigenvalue weighted by molar-refractivity contribution is 5.98. The monoisotopic (exact) mass is 637 g/mol. The largest absolute Gasteiger partial charge is 0.455 e. The van der Waals surface area contributed by atoms with Crippen LogP contribution in [0.4, 0.5) is 0 Å². The number of nitrogens with one attached hydrogen (secondary N) is 1. The first-order chi connectivity index (χ1) is 22.0. The molecule has 10 nitrogen and oxygen atoms in total. The van der Waals surface area contributed by atoms with E-state index in [1.807, 2.05) is 51.1 Å². The Morgan fingerprint density at radius 1 is 1.15 bits per heavy atom. The minimum Gasteiger partial charge on any atom is -0.455 e. The van der Waals surface area contributed by atoms with E-state index < -0.39 is 47.2 Å². The lowest BCUT2D eigenvalue weighted by atomic mass is 9.70. The zero-order valence-corrected chi connectivity index (χ0v) is 27.6. The van der Waals surface area contributed by atoms with E-state index in [0.717, 1.165) is 18.4 Å². The Bertz CT molecular complexity index is 1260. The molecule has 3 fully saturated rings. The number of benzene rings is 1. The summed E-state index contributed by atoms with van der Waals surface area (Å²) in [6.45, 7) is 14.2. The highest BCUT2D eigenvalue weighted by atomic mass is 16.6. The quantitative estimate of drug-likeness (QED) is 0.150. The molecule has 0 aromatic heterocycles. The molecule has 3 heterocycles. The maximum atomic E-state index is 14.5. The molecule has 0 radical (unpaired) electrons. The van der Waals surface area contributed by atoms with Gasteiger partial charge in [0, 0.05) is 31.7 Å². The maximum absolute atomic E-state index is 14.5. The van der Waals surface area contributed by atoms with E-state index in [1.165, 1.54) is 0 Å². The van der Waals surface area contributed by atoms with Crippen LogP contribution in [0.25, 0.3) is 0 Å². The van der Waals surface area contributed by atoms with Crippen LogP contribution >= 0.6 is 0 Å². The second kappa shape index (κ2) is 15.4. The zero-order chi connectivity index (χ0) is 33.5. The number of ether oxygens (including phenoxy) is 2. The summed E-state index contributed by atoms with van der Waals surface area (Å²) < 4.78 is 12.7. The van der Waals surface area contributed by atoms with Crippen LogP contribution in [-0.2, 0) is 28.7 Å². The second-order valence-electron chi connectivity index (χ2n) is 13.6. The first-order valence-corrected chi connectivity index (χ1v) is 16.6. The van der Waals surface area contributed by atoms with Crippen LogP contribution in [0.3, 0.4) is 0 Å². The third kappa shape index (κ3) is 7.39. The lowest BCUT2D eigenvalue weighted by Gasteiger charge is -2.42. The summed E-state index contributed by atoms with van der Waals surface area (Å²) in [5.74, 6) is -2.93. The van der Waals surface area contributed by atoms with E-state index in [9.17, 15) is 24.3 Å². The molecule has 252 valence electrons. The van der Waals surface area contributed by atoms with Crippen molar-refractivity contribution in [3.8, 4) is 0 Å². The number of carbonyl (C=O) groups is 4. The second-order valence-corrected chi connectivity index (χ2v) is 13.6. The van der Waals surface area contributed by atoms with Gasteiger partial charge in [-0.1, -0.05) is 55.3 Å². The SMILES string of the molecule is C=CCCC(=O)NC[C@H](OC(=O)[C@@H]1[C@H]2C(=O)N(CCCCCCO)[C@H](C(=O)N(CC=C)C(C)(C)C)[C@]23CC[C@H]1O3)c1ccccc1. The number of aliphatic hydroxyl groups excluding tert-OH is 1. The fraction of sp³-hybridized carbons (Fsp3) is 0.611. The fourth-order valence-electron chi connectivity index (χ4n) is 7.30. The number of fused-ring (bicyclic) bond motifs is 1. The number of nitrogens with zero attached hydrogens (tertiary/aromatic N) is 2. The topological polar surface area (TPSA) is 125 Å². The Labute approximate surface area is 273 Å². The average Bonchev–Trinajstić information content (AvgIpc) is 3.67. The van der Waals surface area contributed by atoms with Gasteiger partial charge in [-0.2, -0.15) is 0 Å². The molecule has 2 bridgehead atoms. The molecule has 3 amide bonds. The first kappa shape index (κ1) is 35.4. The number of aliphatic hydroxyl groups is 1. The lowest BCUT2D eigenvalue weighted by Crippen LogP contribution is -2.59. The molecule has 2 N–H and O–H groups in total. The molecule has 1 aromatic carbocycles. The average molecular weight is 638 g/mol. The van der Waals surface area contributed by atoms with E-state index in [1.54, 1.807) is 22.0 Å². The number of likely N-dealkylation sites (tertiary alicyclic amines) is 1. The third-order valence-electron chi connectivity index (χ3n) is 9.49. The number of hydrogen-bond acceptors (Lipinski definition) is 7. The minimum absolute atomic E-state index is 0.0803. The van der Waals surface area contributed by atoms with Gasteiger partial charge in [-0.25, -0.2) is 0 Å². The molecular formula is C36H51N3O7. The van der Waals surface area contributed by atoms with E-state index >= 15 is 0 Å². The Balaban J connectivity index is 1.62. The van der Waals surface area contributed by atoms with Gasteiger partial charge < -0.3 is 29.7 Å². The first-order valence-electron chi connectivity index (χ1n) is 16.6. The van der Waals surface area contributed by atoms with Crippen LogP contribution in [0.5, 0.6) is 0 Å². The molecular weight excluding hydrogens is 586 g/mol. The Hall–Kier alpha value is -3.50. The summed E-state index contributed by atoms with van der Waals surface area (Å²) in [7, 11) is 0. The van der Waals surface area contributed by atoms with Crippen molar-refractivity contribution >= 4 is 23.7 Å². The van der Waals surface area contributed by atoms with Crippen molar-refractivity contribution in [2.24, 2.45) is 11.8 Å². The summed E-state index contributed by atoms with van der Waals surface area (Å²) in [5, 5.41) is 12.1. The molecule has 1 aromatic rings. The number of hydrogen-bond donors (Lipinski definition) is 2. The molecule has 0 aliphatic carbocycles. The van der Waals surface area contributed by atoms with E-state index in [-0.39, 0.29) is 37.3 Å². The number of unbranched alkanes of at least 4 members (excludes halogenated alkanes) is 3. The van der Waals surface area contributed by atoms with Crippen molar-refractivity contribution in [2.45, 2.75) is 102 Å². The number of rotatable bonds is 17. The minimum atomic E-state index is -1.14. The molecule has 3 saturated heterocycles. The maximum Gasteiger partial charge on any atom is 0.313 e. The van der Waals surface area contributed by atoms with Crippen LogP contribution in [0.2, 0.25) is 0 Å². The lowest BCUT2D eigenvalue weighted by molar-refractivity contribution is -0.160. The molecule has 3 aliphatic heterocycles. The molecule has 6 atom stereocenters. The number of amides is 3. The smallest absolute Gasteiger partial charge is 0.313 e. The van der Waals surface area contributed by atoms with Crippen LogP contribution in [-0.4, -0.2) is 88.1 Å². The standard InChI is InChI=1S/C36H51N3O7/c1-6-8-18-28(41)37-24-27(25-16-12-11-13-17-25)45-34(44)29-26-19-20-36(46-26)30(29)32(42)38(22-14-9-10-15-23-40)31(36)33(43)39(21-7-2)35(3,4)5/h6-7,11-13,16-17,26-27,29-31,40H,1-2,8-10,14-15,18-24H2,3-5H3,(H,37,41)/t26-,27+,29+,30+,31-,36+/m1/s1. The molecule has 3 aliphatic rings. The predicted molar refractivity (Wildman–Crippen MR) is 174 cm³/mol. The van der Waals surface area contributed by atoms with Crippen molar-refractivity contribution in [3.05, 3.63) is 61.2 Å². The normalized spacial score (nSPS) is 25.6. The van der Waals surface area contributed by atoms with Gasteiger partial charge in [-0.15, -0.1) is 13.2 Å². The molecule has 0 saturated carbocycles. The Morgan fingerprint density at radius 2 is 1.87 bits per heavy atom. The van der Waals surface area contributed by atoms with Gasteiger partial charge in [-0.05, 0) is 58.4 Å². The van der Waals surface area contributed by atoms with Gasteiger partial charge in [0.2, 0.25) is 17.7 Å². The van der Waals surface area contributed by atoms with Crippen molar-refractivity contribution in [1.29, 1.82) is 0 Å². The summed E-state index contributed by atoms with van der Waals surface area (Å²) in [6, 6.07) is 8.33.